The van der Waals surface area contributed by atoms with Crippen LogP contribution in [-0.4, -0.2) is 4.57 Å². The number of hydrogen-bond donors (Lipinski definition) is 0. The number of hydrogen-bond acceptors (Lipinski definition) is 2. The van der Waals surface area contributed by atoms with E-state index in [9.17, 15) is 0 Å². The highest BCUT2D eigenvalue weighted by molar-refractivity contribution is 7.26. The molecule has 10 rings (SSSR count). The van der Waals surface area contributed by atoms with Crippen molar-refractivity contribution in [2.45, 2.75) is 0 Å². The number of aromatic nitrogens is 1. The standard InChI is InChI=1S/C44H28N2S/c1-2-14-33(15-3-1)46-40-25-24-38-37-16-8-9-17-42(37)47-44(38)43(40)39-23-22-36(28-41(39)46)45(34-20-18-29-10-4-6-12-31(29)26-34)35-21-19-30-11-5-7-13-32(30)27-35/h1-28H. The van der Waals surface area contributed by atoms with Crippen LogP contribution in [0.15, 0.2) is 170 Å². The highest BCUT2D eigenvalue weighted by Gasteiger charge is 2.20. The van der Waals surface area contributed by atoms with Gasteiger partial charge in [0.2, 0.25) is 0 Å². The molecule has 0 saturated carbocycles. The summed E-state index contributed by atoms with van der Waals surface area (Å²) in [7, 11) is 0. The van der Waals surface area contributed by atoms with Gasteiger partial charge < -0.3 is 9.47 Å². The summed E-state index contributed by atoms with van der Waals surface area (Å²) < 4.78 is 5.11. The molecule has 0 amide bonds. The monoisotopic (exact) mass is 616 g/mol. The fourth-order valence-corrected chi connectivity index (χ4v) is 8.60. The fourth-order valence-electron chi connectivity index (χ4n) is 7.34. The maximum atomic E-state index is 2.44. The molecule has 0 unspecified atom stereocenters. The summed E-state index contributed by atoms with van der Waals surface area (Å²) in [6, 6.07) is 62.0. The molecule has 10 aromatic rings. The molecule has 2 nitrogen and oxygen atoms in total. The van der Waals surface area contributed by atoms with Gasteiger partial charge in [-0.1, -0.05) is 109 Å². The van der Waals surface area contributed by atoms with E-state index in [2.05, 4.69) is 179 Å². The molecule has 0 bridgehead atoms. The molecular weight excluding hydrogens is 589 g/mol. The van der Waals surface area contributed by atoms with Gasteiger partial charge in [0.15, 0.2) is 0 Å². The minimum atomic E-state index is 1.12. The summed E-state index contributed by atoms with van der Waals surface area (Å²) in [5, 5.41) is 10.2. The average molecular weight is 617 g/mol. The molecule has 0 N–H and O–H groups in total. The molecule has 0 fully saturated rings. The van der Waals surface area contributed by atoms with Crippen LogP contribution < -0.4 is 4.90 Å². The molecule has 47 heavy (non-hydrogen) atoms. The Morgan fingerprint density at radius 3 is 1.70 bits per heavy atom. The lowest BCUT2D eigenvalue weighted by molar-refractivity contribution is 1.18. The van der Waals surface area contributed by atoms with E-state index in [-0.39, 0.29) is 0 Å². The fraction of sp³-hybridized carbons (Fsp3) is 0. The highest BCUT2D eigenvalue weighted by atomic mass is 32.1. The van der Waals surface area contributed by atoms with Crippen LogP contribution in [0, 0.1) is 0 Å². The number of rotatable bonds is 4. The van der Waals surface area contributed by atoms with Gasteiger partial charge in [-0.05, 0) is 82.2 Å². The Labute approximate surface area is 276 Å². The summed E-state index contributed by atoms with van der Waals surface area (Å²) in [4.78, 5) is 2.40. The lowest BCUT2D eigenvalue weighted by Gasteiger charge is -2.26. The van der Waals surface area contributed by atoms with E-state index in [1.165, 1.54) is 63.5 Å². The minimum absolute atomic E-state index is 1.12. The maximum Gasteiger partial charge on any atom is 0.0562 e. The number of anilines is 3. The Kier molecular flexibility index (Phi) is 5.78. The third-order valence-corrected chi connectivity index (χ3v) is 10.7. The largest absolute Gasteiger partial charge is 0.310 e. The Morgan fingerprint density at radius 2 is 0.979 bits per heavy atom. The summed E-state index contributed by atoms with van der Waals surface area (Å²) in [6.07, 6.45) is 0. The van der Waals surface area contributed by atoms with Crippen molar-refractivity contribution in [1.29, 1.82) is 0 Å². The van der Waals surface area contributed by atoms with Crippen molar-refractivity contribution in [3.63, 3.8) is 0 Å². The molecule has 0 aliphatic carbocycles. The predicted molar refractivity (Wildman–Crippen MR) is 203 cm³/mol. The molecule has 0 aliphatic rings. The molecular formula is C44H28N2S. The Bertz CT molecular complexity index is 2730. The third kappa shape index (κ3) is 4.10. The molecule has 8 aromatic carbocycles. The van der Waals surface area contributed by atoms with Gasteiger partial charge in [0.1, 0.15) is 0 Å². The van der Waals surface area contributed by atoms with E-state index in [0.717, 1.165) is 22.7 Å². The van der Waals surface area contributed by atoms with Crippen LogP contribution in [0.3, 0.4) is 0 Å². The second kappa shape index (κ2) is 10.3. The van der Waals surface area contributed by atoms with Crippen molar-refractivity contribution in [3.05, 3.63) is 170 Å². The Hall–Kier alpha value is -5.90. The number of thiophene rings is 1. The van der Waals surface area contributed by atoms with E-state index >= 15 is 0 Å². The first-order valence-corrected chi connectivity index (χ1v) is 16.8. The van der Waals surface area contributed by atoms with Crippen LogP contribution in [0.5, 0.6) is 0 Å². The minimum Gasteiger partial charge on any atom is -0.310 e. The van der Waals surface area contributed by atoms with Gasteiger partial charge in [0.25, 0.3) is 0 Å². The molecule has 220 valence electrons. The van der Waals surface area contributed by atoms with Crippen LogP contribution in [0.4, 0.5) is 17.1 Å². The van der Waals surface area contributed by atoms with Crippen molar-refractivity contribution in [2.24, 2.45) is 0 Å². The van der Waals surface area contributed by atoms with Crippen molar-refractivity contribution in [1.82, 2.24) is 4.57 Å². The van der Waals surface area contributed by atoms with E-state index < -0.39 is 0 Å². The summed E-state index contributed by atoms with van der Waals surface area (Å²) in [5.41, 5.74) is 6.97. The van der Waals surface area contributed by atoms with E-state index in [1.807, 2.05) is 11.3 Å². The van der Waals surface area contributed by atoms with Gasteiger partial charge in [-0.2, -0.15) is 0 Å². The number of benzene rings is 8. The second-order valence-corrected chi connectivity index (χ2v) is 13.3. The summed E-state index contributed by atoms with van der Waals surface area (Å²) in [5.74, 6) is 0. The van der Waals surface area contributed by atoms with Gasteiger partial charge >= 0.3 is 0 Å². The van der Waals surface area contributed by atoms with Gasteiger partial charge in [-0.25, -0.2) is 0 Å². The molecule has 0 atom stereocenters. The zero-order chi connectivity index (χ0) is 30.9. The molecule has 2 heterocycles. The zero-order valence-corrected chi connectivity index (χ0v) is 26.3. The first-order valence-electron chi connectivity index (χ1n) is 16.0. The average Bonchev–Trinajstić information content (AvgIpc) is 3.67. The smallest absolute Gasteiger partial charge is 0.0562 e. The summed E-state index contributed by atoms with van der Waals surface area (Å²) in [6.45, 7) is 0. The SMILES string of the molecule is c1ccc(-n2c3cc(N(c4ccc5ccccc5c4)c4ccc5ccccc5c4)ccc3c3c4sc5ccccc5c4ccc32)cc1. The second-order valence-electron chi connectivity index (χ2n) is 12.2. The Balaban J connectivity index is 1.28. The predicted octanol–water partition coefficient (Wildman–Crippen LogP) is 12.9. The van der Waals surface area contributed by atoms with Crippen LogP contribution in [0.25, 0.3) is 69.2 Å². The van der Waals surface area contributed by atoms with Gasteiger partial charge in [-0.3, -0.25) is 0 Å². The molecule has 0 radical (unpaired) electrons. The van der Waals surface area contributed by atoms with Crippen LogP contribution >= 0.6 is 11.3 Å². The van der Waals surface area contributed by atoms with Crippen LogP contribution in [0.2, 0.25) is 0 Å². The maximum absolute atomic E-state index is 2.44. The quantitative estimate of drug-likeness (QED) is 0.191. The van der Waals surface area contributed by atoms with Crippen molar-refractivity contribution < 1.29 is 0 Å². The number of nitrogens with zero attached hydrogens (tertiary/aromatic N) is 2. The van der Waals surface area contributed by atoms with Gasteiger partial charge in [-0.15, -0.1) is 11.3 Å². The van der Waals surface area contributed by atoms with E-state index in [0.29, 0.717) is 0 Å². The Morgan fingerprint density at radius 1 is 0.404 bits per heavy atom. The third-order valence-electron chi connectivity index (χ3n) is 9.51. The van der Waals surface area contributed by atoms with E-state index in [1.54, 1.807) is 0 Å². The van der Waals surface area contributed by atoms with Crippen LogP contribution in [0.1, 0.15) is 0 Å². The van der Waals surface area contributed by atoms with Crippen molar-refractivity contribution >= 4 is 91.9 Å². The first-order chi connectivity index (χ1) is 23.3. The molecule has 0 spiro atoms. The highest BCUT2D eigenvalue weighted by Crippen LogP contribution is 2.45. The number of fused-ring (bicyclic) bond motifs is 9. The van der Waals surface area contributed by atoms with Crippen molar-refractivity contribution in [3.8, 4) is 5.69 Å². The lowest BCUT2D eigenvalue weighted by atomic mass is 10.1. The zero-order valence-electron chi connectivity index (χ0n) is 25.5. The molecule has 3 heteroatoms. The molecule has 0 aliphatic heterocycles. The normalized spacial score (nSPS) is 11.8. The van der Waals surface area contributed by atoms with E-state index in [4.69, 9.17) is 0 Å². The molecule has 2 aromatic heterocycles. The van der Waals surface area contributed by atoms with Gasteiger partial charge in [0, 0.05) is 53.7 Å². The van der Waals surface area contributed by atoms with Gasteiger partial charge in [0.05, 0.1) is 11.0 Å². The topological polar surface area (TPSA) is 8.17 Å². The van der Waals surface area contributed by atoms with Crippen molar-refractivity contribution in [2.75, 3.05) is 4.90 Å². The van der Waals surface area contributed by atoms with Crippen LogP contribution in [-0.2, 0) is 0 Å². The number of para-hydroxylation sites is 1. The summed E-state index contributed by atoms with van der Waals surface area (Å²) >= 11 is 1.90. The lowest BCUT2D eigenvalue weighted by Crippen LogP contribution is -2.10. The molecule has 0 saturated heterocycles. The first kappa shape index (κ1) is 26.3.